The van der Waals surface area contributed by atoms with Crippen LogP contribution in [0, 0.1) is 0 Å². The molecular formula is C14H20N2O2. The third-order valence-corrected chi connectivity index (χ3v) is 3.20. The van der Waals surface area contributed by atoms with Crippen LogP contribution in [0.25, 0.3) is 0 Å². The number of anilines is 1. The number of nitrogens with zero attached hydrogens (tertiary/aromatic N) is 1. The number of hydrogen-bond donors (Lipinski definition) is 1. The molecule has 4 nitrogen and oxygen atoms in total. The molecule has 1 aliphatic rings. The van der Waals surface area contributed by atoms with Gasteiger partial charge in [0.25, 0.3) is 5.91 Å². The van der Waals surface area contributed by atoms with Crippen molar-refractivity contribution in [2.45, 2.75) is 26.4 Å². The molecule has 1 aromatic rings. The van der Waals surface area contributed by atoms with E-state index in [1.165, 1.54) is 0 Å². The van der Waals surface area contributed by atoms with Crippen LogP contribution in [0.3, 0.4) is 0 Å². The lowest BCUT2D eigenvalue weighted by Gasteiger charge is -2.31. The van der Waals surface area contributed by atoms with Gasteiger partial charge in [-0.15, -0.1) is 0 Å². The van der Waals surface area contributed by atoms with Gasteiger partial charge in [-0.2, -0.15) is 0 Å². The average Bonchev–Trinajstić information content (AvgIpc) is 2.37. The molecule has 98 valence electrons. The molecule has 2 N–H and O–H groups in total. The number of hydrogen-bond acceptors (Lipinski definition) is 3. The molecule has 0 aromatic heterocycles. The maximum Gasteiger partial charge on any atom is 0.254 e. The molecule has 1 saturated heterocycles. The number of ether oxygens (including phenoxy) is 1. The Morgan fingerprint density at radius 3 is 2.94 bits per heavy atom. The van der Waals surface area contributed by atoms with Gasteiger partial charge < -0.3 is 15.4 Å². The zero-order chi connectivity index (χ0) is 13.1. The van der Waals surface area contributed by atoms with Gasteiger partial charge in [0.1, 0.15) is 0 Å². The lowest BCUT2D eigenvalue weighted by molar-refractivity contribution is -0.0124. The molecule has 4 heteroatoms. The first-order valence-electron chi connectivity index (χ1n) is 6.40. The smallest absolute Gasteiger partial charge is 0.254 e. The Bertz CT molecular complexity index is 445. The number of nitrogens with two attached hydrogens (primary N) is 1. The molecule has 1 aromatic carbocycles. The summed E-state index contributed by atoms with van der Waals surface area (Å²) in [5.74, 6) is 0.0483. The minimum Gasteiger partial charge on any atom is -0.399 e. The summed E-state index contributed by atoms with van der Waals surface area (Å²) in [4.78, 5) is 14.2. The van der Waals surface area contributed by atoms with Gasteiger partial charge in [0, 0.05) is 24.3 Å². The second-order valence-corrected chi connectivity index (χ2v) is 4.75. The SMILES string of the molecule is CCc1cc(N)cc(C(=O)N2CCOC(C)C2)c1. The maximum atomic E-state index is 12.4. The summed E-state index contributed by atoms with van der Waals surface area (Å²) in [5, 5.41) is 0. The minimum absolute atomic E-state index is 0.0483. The Kier molecular flexibility index (Phi) is 3.87. The standard InChI is InChI=1S/C14H20N2O2/c1-3-11-6-12(8-13(15)7-11)14(17)16-4-5-18-10(2)9-16/h6-8,10H,3-5,9,15H2,1-2H3. The van der Waals surface area contributed by atoms with Crippen LogP contribution >= 0.6 is 0 Å². The van der Waals surface area contributed by atoms with Crippen molar-refractivity contribution < 1.29 is 9.53 Å². The number of morpholine rings is 1. The van der Waals surface area contributed by atoms with Gasteiger partial charge in [-0.3, -0.25) is 4.79 Å². The number of aryl methyl sites for hydroxylation is 1. The molecule has 1 aliphatic heterocycles. The van der Waals surface area contributed by atoms with Crippen LogP contribution in [0.15, 0.2) is 18.2 Å². The largest absolute Gasteiger partial charge is 0.399 e. The number of amides is 1. The van der Waals surface area contributed by atoms with E-state index in [0.717, 1.165) is 12.0 Å². The molecule has 0 saturated carbocycles. The molecule has 2 rings (SSSR count). The van der Waals surface area contributed by atoms with Gasteiger partial charge >= 0.3 is 0 Å². The van der Waals surface area contributed by atoms with Crippen molar-refractivity contribution in [3.8, 4) is 0 Å². The van der Waals surface area contributed by atoms with Crippen molar-refractivity contribution in [2.75, 3.05) is 25.4 Å². The van der Waals surface area contributed by atoms with E-state index < -0.39 is 0 Å². The molecule has 1 unspecified atom stereocenters. The number of benzene rings is 1. The van der Waals surface area contributed by atoms with Crippen LogP contribution in [0.5, 0.6) is 0 Å². The molecule has 18 heavy (non-hydrogen) atoms. The minimum atomic E-state index is 0.0483. The highest BCUT2D eigenvalue weighted by Gasteiger charge is 2.22. The van der Waals surface area contributed by atoms with E-state index in [1.54, 1.807) is 6.07 Å². The molecule has 1 fully saturated rings. The first-order chi connectivity index (χ1) is 8.60. The molecule has 1 atom stereocenters. The van der Waals surface area contributed by atoms with Crippen molar-refractivity contribution in [2.24, 2.45) is 0 Å². The summed E-state index contributed by atoms with van der Waals surface area (Å²) < 4.78 is 5.44. The Morgan fingerprint density at radius 2 is 2.28 bits per heavy atom. The van der Waals surface area contributed by atoms with E-state index in [0.29, 0.717) is 30.9 Å². The third-order valence-electron chi connectivity index (χ3n) is 3.20. The van der Waals surface area contributed by atoms with Gasteiger partial charge in [-0.25, -0.2) is 0 Å². The topological polar surface area (TPSA) is 55.6 Å². The monoisotopic (exact) mass is 248 g/mol. The quantitative estimate of drug-likeness (QED) is 0.810. The first-order valence-corrected chi connectivity index (χ1v) is 6.40. The van der Waals surface area contributed by atoms with Crippen LogP contribution in [0.4, 0.5) is 5.69 Å². The predicted molar refractivity (Wildman–Crippen MR) is 71.5 cm³/mol. The normalized spacial score (nSPS) is 19.9. The van der Waals surface area contributed by atoms with Crippen molar-refractivity contribution in [3.05, 3.63) is 29.3 Å². The first kappa shape index (κ1) is 12.9. The second-order valence-electron chi connectivity index (χ2n) is 4.75. The van der Waals surface area contributed by atoms with E-state index in [-0.39, 0.29) is 12.0 Å². The fourth-order valence-corrected chi connectivity index (χ4v) is 2.23. The van der Waals surface area contributed by atoms with Crippen LogP contribution in [0.1, 0.15) is 29.8 Å². The Labute approximate surface area is 108 Å². The highest BCUT2D eigenvalue weighted by molar-refractivity contribution is 5.95. The number of carbonyl (C=O) groups is 1. The lowest BCUT2D eigenvalue weighted by Crippen LogP contribution is -2.44. The molecule has 1 heterocycles. The van der Waals surface area contributed by atoms with Crippen molar-refractivity contribution in [1.29, 1.82) is 0 Å². The summed E-state index contributed by atoms with van der Waals surface area (Å²) in [6.45, 7) is 5.94. The van der Waals surface area contributed by atoms with E-state index >= 15 is 0 Å². The second kappa shape index (κ2) is 5.40. The van der Waals surface area contributed by atoms with Gasteiger partial charge in [0.2, 0.25) is 0 Å². The fourth-order valence-electron chi connectivity index (χ4n) is 2.23. The average molecular weight is 248 g/mol. The Hall–Kier alpha value is -1.55. The van der Waals surface area contributed by atoms with Gasteiger partial charge in [-0.1, -0.05) is 6.92 Å². The summed E-state index contributed by atoms with van der Waals surface area (Å²) in [6.07, 6.45) is 0.986. The third kappa shape index (κ3) is 2.82. The van der Waals surface area contributed by atoms with Gasteiger partial charge in [0.05, 0.1) is 12.7 Å². The van der Waals surface area contributed by atoms with Gasteiger partial charge in [-0.05, 0) is 37.1 Å². The summed E-state index contributed by atoms with van der Waals surface area (Å²) >= 11 is 0. The molecule has 0 aliphatic carbocycles. The Balaban J connectivity index is 2.19. The predicted octanol–water partition coefficient (Wildman–Crippen LogP) is 1.69. The molecule has 0 bridgehead atoms. The number of nitrogen functional groups attached to an aromatic ring is 1. The number of carbonyl (C=O) groups excluding carboxylic acids is 1. The lowest BCUT2D eigenvalue weighted by atomic mass is 10.1. The highest BCUT2D eigenvalue weighted by atomic mass is 16.5. The fraction of sp³-hybridized carbons (Fsp3) is 0.500. The van der Waals surface area contributed by atoms with Crippen LogP contribution in [-0.4, -0.2) is 36.6 Å². The van der Waals surface area contributed by atoms with E-state index in [1.807, 2.05) is 24.0 Å². The number of rotatable bonds is 2. The molecule has 1 amide bonds. The van der Waals surface area contributed by atoms with Crippen LogP contribution in [-0.2, 0) is 11.2 Å². The highest BCUT2D eigenvalue weighted by Crippen LogP contribution is 2.16. The summed E-state index contributed by atoms with van der Waals surface area (Å²) in [6, 6.07) is 5.60. The summed E-state index contributed by atoms with van der Waals surface area (Å²) in [7, 11) is 0. The van der Waals surface area contributed by atoms with E-state index in [4.69, 9.17) is 10.5 Å². The zero-order valence-corrected chi connectivity index (χ0v) is 11.0. The summed E-state index contributed by atoms with van der Waals surface area (Å²) in [5.41, 5.74) is 8.26. The molecular weight excluding hydrogens is 228 g/mol. The zero-order valence-electron chi connectivity index (χ0n) is 11.0. The molecule has 0 radical (unpaired) electrons. The Morgan fingerprint density at radius 1 is 1.50 bits per heavy atom. The van der Waals surface area contributed by atoms with Gasteiger partial charge in [0.15, 0.2) is 0 Å². The van der Waals surface area contributed by atoms with Crippen molar-refractivity contribution in [3.63, 3.8) is 0 Å². The van der Waals surface area contributed by atoms with Crippen molar-refractivity contribution >= 4 is 11.6 Å². The van der Waals surface area contributed by atoms with Crippen LogP contribution in [0.2, 0.25) is 0 Å². The van der Waals surface area contributed by atoms with E-state index in [2.05, 4.69) is 6.92 Å². The van der Waals surface area contributed by atoms with E-state index in [9.17, 15) is 4.79 Å². The van der Waals surface area contributed by atoms with Crippen LogP contribution < -0.4 is 5.73 Å². The maximum absolute atomic E-state index is 12.4. The van der Waals surface area contributed by atoms with Crippen molar-refractivity contribution in [1.82, 2.24) is 4.90 Å². The molecule has 0 spiro atoms.